The molecule has 26 heavy (non-hydrogen) atoms. The first-order valence-corrected chi connectivity index (χ1v) is 9.25. The fraction of sp³-hybridized carbons (Fsp3) is 0.500. The summed E-state index contributed by atoms with van der Waals surface area (Å²) in [6.07, 6.45) is 0.888. The van der Waals surface area contributed by atoms with Gasteiger partial charge >= 0.3 is 0 Å². The van der Waals surface area contributed by atoms with Gasteiger partial charge < -0.3 is 10.0 Å². The van der Waals surface area contributed by atoms with Gasteiger partial charge in [0.1, 0.15) is 11.4 Å². The summed E-state index contributed by atoms with van der Waals surface area (Å²) < 4.78 is 1.71. The van der Waals surface area contributed by atoms with Gasteiger partial charge in [-0.05, 0) is 36.1 Å². The van der Waals surface area contributed by atoms with Crippen LogP contribution in [-0.4, -0.2) is 56.8 Å². The Bertz CT molecular complexity index is 761. The molecule has 0 unspecified atom stereocenters. The van der Waals surface area contributed by atoms with Crippen molar-refractivity contribution in [2.75, 3.05) is 26.2 Å². The molecule has 6 heteroatoms. The molecule has 0 aliphatic carbocycles. The van der Waals surface area contributed by atoms with Crippen molar-refractivity contribution in [1.82, 2.24) is 19.6 Å². The molecule has 1 aliphatic rings. The fourth-order valence-corrected chi connectivity index (χ4v) is 3.43. The number of rotatable bonds is 5. The van der Waals surface area contributed by atoms with E-state index in [-0.39, 0.29) is 5.91 Å². The van der Waals surface area contributed by atoms with E-state index in [9.17, 15) is 9.90 Å². The zero-order chi connectivity index (χ0) is 18.7. The molecule has 1 aromatic heterocycles. The lowest BCUT2D eigenvalue weighted by Crippen LogP contribution is -2.48. The van der Waals surface area contributed by atoms with E-state index in [0.29, 0.717) is 30.5 Å². The topological polar surface area (TPSA) is 61.6 Å². The Kier molecular flexibility index (Phi) is 5.61. The third-order valence-electron chi connectivity index (χ3n) is 4.74. The molecule has 1 amide bonds. The highest BCUT2D eigenvalue weighted by molar-refractivity contribution is 5.92. The minimum atomic E-state index is 0.0620. The normalized spacial score (nSPS) is 15.6. The standard InChI is InChI=1S/C20H28N4O2/c1-15(2)11-17-13-19(22(3)21-17)20(26)24-9-7-23(8-10-24)14-16-5-4-6-18(25)12-16/h4-6,12-13,15,25H,7-11,14H2,1-3H3. The molecule has 2 heterocycles. The summed E-state index contributed by atoms with van der Waals surface area (Å²) in [5.41, 5.74) is 2.74. The van der Waals surface area contributed by atoms with E-state index >= 15 is 0 Å². The summed E-state index contributed by atoms with van der Waals surface area (Å²) in [6, 6.07) is 9.29. The third kappa shape index (κ3) is 4.43. The second-order valence-electron chi connectivity index (χ2n) is 7.48. The Balaban J connectivity index is 1.57. The molecule has 1 aromatic carbocycles. The summed E-state index contributed by atoms with van der Waals surface area (Å²) in [5, 5.41) is 14.1. The van der Waals surface area contributed by atoms with Crippen LogP contribution in [0.4, 0.5) is 0 Å². The average molecular weight is 356 g/mol. The van der Waals surface area contributed by atoms with Crippen LogP contribution in [0.2, 0.25) is 0 Å². The Labute approximate surface area is 155 Å². The van der Waals surface area contributed by atoms with Crippen LogP contribution in [0.1, 0.15) is 35.6 Å². The van der Waals surface area contributed by atoms with E-state index in [1.807, 2.05) is 30.1 Å². The van der Waals surface area contributed by atoms with Crippen molar-refractivity contribution in [1.29, 1.82) is 0 Å². The molecule has 0 saturated carbocycles. The second-order valence-corrected chi connectivity index (χ2v) is 7.48. The zero-order valence-electron chi connectivity index (χ0n) is 15.9. The highest BCUT2D eigenvalue weighted by Gasteiger charge is 2.24. The monoisotopic (exact) mass is 356 g/mol. The van der Waals surface area contributed by atoms with Crippen molar-refractivity contribution in [2.24, 2.45) is 13.0 Å². The maximum Gasteiger partial charge on any atom is 0.272 e. The van der Waals surface area contributed by atoms with Crippen LogP contribution in [0, 0.1) is 5.92 Å². The molecular formula is C20H28N4O2. The van der Waals surface area contributed by atoms with Crippen molar-refractivity contribution in [2.45, 2.75) is 26.8 Å². The Morgan fingerprint density at radius 3 is 2.58 bits per heavy atom. The Hall–Kier alpha value is -2.34. The highest BCUT2D eigenvalue weighted by Crippen LogP contribution is 2.16. The number of nitrogens with zero attached hydrogens (tertiary/aromatic N) is 4. The minimum Gasteiger partial charge on any atom is -0.508 e. The SMILES string of the molecule is CC(C)Cc1cc(C(=O)N2CCN(Cc3cccc(O)c3)CC2)n(C)n1. The van der Waals surface area contributed by atoms with Crippen LogP contribution in [-0.2, 0) is 20.0 Å². The van der Waals surface area contributed by atoms with Gasteiger partial charge in [-0.2, -0.15) is 5.10 Å². The van der Waals surface area contributed by atoms with Gasteiger partial charge in [0.2, 0.25) is 0 Å². The number of benzene rings is 1. The molecule has 1 fully saturated rings. The molecule has 3 rings (SSSR count). The maximum atomic E-state index is 12.8. The van der Waals surface area contributed by atoms with E-state index < -0.39 is 0 Å². The molecule has 0 atom stereocenters. The first-order chi connectivity index (χ1) is 12.4. The number of phenolic OH excluding ortho intramolecular Hbond substituents is 1. The summed E-state index contributed by atoms with van der Waals surface area (Å²) >= 11 is 0. The molecule has 6 nitrogen and oxygen atoms in total. The van der Waals surface area contributed by atoms with Crippen molar-refractivity contribution in [3.8, 4) is 5.75 Å². The van der Waals surface area contributed by atoms with E-state index in [2.05, 4.69) is 23.8 Å². The molecule has 0 spiro atoms. The lowest BCUT2D eigenvalue weighted by Gasteiger charge is -2.34. The molecule has 0 radical (unpaired) electrons. The molecule has 1 saturated heterocycles. The number of carbonyl (C=O) groups is 1. The number of phenols is 1. The van der Waals surface area contributed by atoms with Crippen LogP contribution in [0.15, 0.2) is 30.3 Å². The lowest BCUT2D eigenvalue weighted by molar-refractivity contribution is 0.0618. The molecule has 1 N–H and O–H groups in total. The van der Waals surface area contributed by atoms with E-state index in [4.69, 9.17) is 0 Å². The number of hydrogen-bond donors (Lipinski definition) is 1. The number of carbonyl (C=O) groups excluding carboxylic acids is 1. The first-order valence-electron chi connectivity index (χ1n) is 9.25. The van der Waals surface area contributed by atoms with Crippen LogP contribution in [0.25, 0.3) is 0 Å². The van der Waals surface area contributed by atoms with Crippen molar-refractivity contribution < 1.29 is 9.90 Å². The number of hydrogen-bond acceptors (Lipinski definition) is 4. The predicted molar refractivity (Wildman–Crippen MR) is 101 cm³/mol. The Morgan fingerprint density at radius 2 is 1.92 bits per heavy atom. The van der Waals surface area contributed by atoms with Gasteiger partial charge in [-0.25, -0.2) is 0 Å². The van der Waals surface area contributed by atoms with Crippen molar-refractivity contribution in [3.63, 3.8) is 0 Å². The molecule has 0 bridgehead atoms. The highest BCUT2D eigenvalue weighted by atomic mass is 16.3. The molecule has 1 aliphatic heterocycles. The second kappa shape index (κ2) is 7.91. The summed E-state index contributed by atoms with van der Waals surface area (Å²) in [4.78, 5) is 17.1. The predicted octanol–water partition coefficient (Wildman–Crippen LogP) is 2.28. The summed E-state index contributed by atoms with van der Waals surface area (Å²) in [6.45, 7) is 8.19. The van der Waals surface area contributed by atoms with Crippen LogP contribution in [0.3, 0.4) is 0 Å². The molecule has 140 valence electrons. The lowest BCUT2D eigenvalue weighted by atomic mass is 10.1. The molecule has 2 aromatic rings. The van der Waals surface area contributed by atoms with Gasteiger partial charge in [-0.15, -0.1) is 0 Å². The molecular weight excluding hydrogens is 328 g/mol. The van der Waals surface area contributed by atoms with E-state index in [0.717, 1.165) is 37.3 Å². The van der Waals surface area contributed by atoms with Crippen LogP contribution >= 0.6 is 0 Å². The first kappa shape index (κ1) is 18.5. The number of aromatic nitrogens is 2. The van der Waals surface area contributed by atoms with Gasteiger partial charge in [-0.3, -0.25) is 14.4 Å². The average Bonchev–Trinajstić information content (AvgIpc) is 2.94. The van der Waals surface area contributed by atoms with Gasteiger partial charge in [-0.1, -0.05) is 26.0 Å². The quantitative estimate of drug-likeness (QED) is 0.893. The summed E-state index contributed by atoms with van der Waals surface area (Å²) in [5.74, 6) is 0.880. The van der Waals surface area contributed by atoms with Gasteiger partial charge in [0.05, 0.1) is 5.69 Å². The largest absolute Gasteiger partial charge is 0.508 e. The number of amides is 1. The number of aromatic hydroxyl groups is 1. The number of piperazine rings is 1. The smallest absolute Gasteiger partial charge is 0.272 e. The maximum absolute atomic E-state index is 12.8. The fourth-order valence-electron chi connectivity index (χ4n) is 3.43. The third-order valence-corrected chi connectivity index (χ3v) is 4.74. The summed E-state index contributed by atoms with van der Waals surface area (Å²) in [7, 11) is 1.84. The minimum absolute atomic E-state index is 0.0620. The van der Waals surface area contributed by atoms with Gasteiger partial charge in [0.15, 0.2) is 0 Å². The van der Waals surface area contributed by atoms with Crippen LogP contribution in [0.5, 0.6) is 5.75 Å². The Morgan fingerprint density at radius 1 is 1.19 bits per heavy atom. The van der Waals surface area contributed by atoms with Crippen LogP contribution < -0.4 is 0 Å². The van der Waals surface area contributed by atoms with Gasteiger partial charge in [0.25, 0.3) is 5.91 Å². The van der Waals surface area contributed by atoms with Crippen molar-refractivity contribution >= 4 is 5.91 Å². The van der Waals surface area contributed by atoms with E-state index in [1.165, 1.54) is 0 Å². The van der Waals surface area contributed by atoms with Gasteiger partial charge in [0, 0.05) is 39.8 Å². The van der Waals surface area contributed by atoms with Crippen molar-refractivity contribution in [3.05, 3.63) is 47.3 Å². The van der Waals surface area contributed by atoms with E-state index in [1.54, 1.807) is 16.8 Å². The number of aryl methyl sites for hydroxylation is 1. The zero-order valence-corrected chi connectivity index (χ0v) is 15.9.